The topological polar surface area (TPSA) is 124 Å². The number of benzene rings is 1. The van der Waals surface area contributed by atoms with Crippen LogP contribution in [-0.4, -0.2) is 50.5 Å². The van der Waals surface area contributed by atoms with Crippen molar-refractivity contribution in [3.8, 4) is 5.75 Å². The Balaban J connectivity index is 2.45. The fourth-order valence-electron chi connectivity index (χ4n) is 2.80. The highest BCUT2D eigenvalue weighted by Crippen LogP contribution is 2.27. The number of aliphatic hydroxyl groups excluding tert-OH is 3. The molecule has 1 heterocycles. The van der Waals surface area contributed by atoms with Crippen LogP contribution in [0.2, 0.25) is 0 Å². The zero-order valence-electron chi connectivity index (χ0n) is 15.1. The summed E-state index contributed by atoms with van der Waals surface area (Å²) in [6, 6.07) is 2.79. The molecule has 3 atom stereocenters. The van der Waals surface area contributed by atoms with Crippen LogP contribution in [0.3, 0.4) is 0 Å². The summed E-state index contributed by atoms with van der Waals surface area (Å²) in [5, 5.41) is 39.6. The molecule has 1 aliphatic rings. The van der Waals surface area contributed by atoms with E-state index in [1.807, 2.05) is 0 Å². The highest BCUT2D eigenvalue weighted by Gasteiger charge is 2.26. The first-order valence-corrected chi connectivity index (χ1v) is 8.67. The summed E-state index contributed by atoms with van der Waals surface area (Å²) in [4.78, 5) is 24.6. The van der Waals surface area contributed by atoms with Gasteiger partial charge in [0.05, 0.1) is 18.8 Å². The molecule has 0 unspecified atom stereocenters. The number of ketones is 1. The van der Waals surface area contributed by atoms with E-state index in [1.54, 1.807) is 6.92 Å². The van der Waals surface area contributed by atoms with Gasteiger partial charge in [-0.1, -0.05) is 18.7 Å². The lowest BCUT2D eigenvalue weighted by Crippen LogP contribution is -2.34. The summed E-state index contributed by atoms with van der Waals surface area (Å²) in [7, 11) is 0. The minimum Gasteiger partial charge on any atom is -0.507 e. The van der Waals surface area contributed by atoms with E-state index in [4.69, 9.17) is 4.74 Å². The third-order valence-electron chi connectivity index (χ3n) is 4.41. The number of hydrogen-bond acceptors (Lipinski definition) is 7. The summed E-state index contributed by atoms with van der Waals surface area (Å²) >= 11 is 0. The minimum absolute atomic E-state index is 0.0581. The van der Waals surface area contributed by atoms with Gasteiger partial charge in [-0.3, -0.25) is 4.79 Å². The molecule has 0 spiro atoms. The number of fused-ring (bicyclic) bond motifs is 1. The van der Waals surface area contributed by atoms with Crippen LogP contribution in [0.15, 0.2) is 30.4 Å². The van der Waals surface area contributed by atoms with Gasteiger partial charge in [0.1, 0.15) is 17.4 Å². The van der Waals surface area contributed by atoms with Gasteiger partial charge in [-0.05, 0) is 55.0 Å². The molecule has 4 N–H and O–H groups in total. The van der Waals surface area contributed by atoms with Crippen molar-refractivity contribution in [2.75, 3.05) is 0 Å². The van der Waals surface area contributed by atoms with Crippen LogP contribution in [0.25, 0.3) is 6.08 Å². The monoisotopic (exact) mass is 376 g/mol. The molecular formula is C20H24O7. The Kier molecular flexibility index (Phi) is 6.90. The molecule has 0 bridgehead atoms. The summed E-state index contributed by atoms with van der Waals surface area (Å²) in [6.07, 6.45) is -0.159. The molecule has 1 aliphatic heterocycles. The quantitative estimate of drug-likeness (QED) is 0.432. The number of rotatable bonds is 1. The Morgan fingerprint density at radius 1 is 1.26 bits per heavy atom. The largest absolute Gasteiger partial charge is 0.507 e. The van der Waals surface area contributed by atoms with Gasteiger partial charge >= 0.3 is 5.97 Å². The lowest BCUT2D eigenvalue weighted by Gasteiger charge is -2.19. The van der Waals surface area contributed by atoms with E-state index in [1.165, 1.54) is 24.3 Å². The minimum atomic E-state index is -1.60. The molecule has 2 rings (SSSR count). The SMILES string of the molecule is C=C1CC[C@H](C)OC(=O)c2c(O)cc(CO)cc2/C=C/C[C@H](O)[C@H](O)C1=O. The molecule has 0 amide bonds. The van der Waals surface area contributed by atoms with Crippen molar-refractivity contribution >= 4 is 17.8 Å². The Labute approximate surface area is 157 Å². The van der Waals surface area contributed by atoms with E-state index >= 15 is 0 Å². The van der Waals surface area contributed by atoms with Crippen molar-refractivity contribution < 1.29 is 34.8 Å². The summed E-state index contributed by atoms with van der Waals surface area (Å²) in [5.41, 5.74) is 0.772. The third kappa shape index (κ3) is 5.03. The van der Waals surface area contributed by atoms with Gasteiger partial charge in [0.15, 0.2) is 5.78 Å². The van der Waals surface area contributed by atoms with Crippen molar-refractivity contribution in [3.63, 3.8) is 0 Å². The van der Waals surface area contributed by atoms with Crippen LogP contribution < -0.4 is 0 Å². The second kappa shape index (κ2) is 8.94. The van der Waals surface area contributed by atoms with Gasteiger partial charge in [0, 0.05) is 0 Å². The predicted molar refractivity (Wildman–Crippen MR) is 98.0 cm³/mol. The number of esters is 1. The fourth-order valence-corrected chi connectivity index (χ4v) is 2.80. The number of cyclic esters (lactones) is 1. The van der Waals surface area contributed by atoms with Crippen molar-refractivity contribution in [2.24, 2.45) is 0 Å². The number of phenols is 1. The number of hydrogen-bond donors (Lipinski definition) is 4. The van der Waals surface area contributed by atoms with Crippen LogP contribution in [0.4, 0.5) is 0 Å². The molecule has 0 saturated heterocycles. The zero-order chi connectivity index (χ0) is 20.1. The van der Waals surface area contributed by atoms with Crippen molar-refractivity contribution in [1.29, 1.82) is 0 Å². The maximum absolute atomic E-state index is 12.5. The van der Waals surface area contributed by atoms with Gasteiger partial charge in [0.25, 0.3) is 0 Å². The van der Waals surface area contributed by atoms with Gasteiger partial charge in [-0.2, -0.15) is 0 Å². The standard InChI is InChI=1S/C20H24O7/c1-11-6-7-12(2)27-20(26)17-14(8-13(10-21)9-16(17)23)4-3-5-15(22)19(25)18(11)24/h3-4,8-9,12,15,19,21-23,25H,1,5-7,10H2,2H3/b4-3+/t12-,15-,19-/m0/s1. The van der Waals surface area contributed by atoms with Gasteiger partial charge in [0.2, 0.25) is 0 Å². The molecule has 0 saturated carbocycles. The van der Waals surface area contributed by atoms with Gasteiger partial charge < -0.3 is 25.2 Å². The normalized spacial score (nSPS) is 26.1. The van der Waals surface area contributed by atoms with E-state index < -0.39 is 30.1 Å². The molecule has 27 heavy (non-hydrogen) atoms. The average Bonchev–Trinajstić information content (AvgIpc) is 2.63. The molecule has 0 fully saturated rings. The molecule has 7 heteroatoms. The molecule has 1 aromatic carbocycles. The number of phenolic OH excluding ortho intramolecular Hbond substituents is 1. The van der Waals surface area contributed by atoms with Crippen LogP contribution in [-0.2, 0) is 16.1 Å². The second-order valence-electron chi connectivity index (χ2n) is 6.61. The van der Waals surface area contributed by atoms with Crippen LogP contribution in [0.5, 0.6) is 5.75 Å². The average molecular weight is 376 g/mol. The maximum Gasteiger partial charge on any atom is 0.342 e. The third-order valence-corrected chi connectivity index (χ3v) is 4.41. The van der Waals surface area contributed by atoms with Crippen LogP contribution in [0.1, 0.15) is 47.7 Å². The summed E-state index contributed by atoms with van der Waals surface area (Å²) in [6.45, 7) is 4.93. The molecule has 0 aromatic heterocycles. The molecule has 7 nitrogen and oxygen atoms in total. The molecule has 146 valence electrons. The number of Topliss-reactive ketones (excluding diaryl/α,β-unsaturated/α-hetero) is 1. The molecule has 1 aromatic rings. The fraction of sp³-hybridized carbons (Fsp3) is 0.400. The van der Waals surface area contributed by atoms with Crippen LogP contribution in [0, 0.1) is 0 Å². The second-order valence-corrected chi connectivity index (χ2v) is 6.61. The lowest BCUT2D eigenvalue weighted by molar-refractivity contribution is -0.128. The lowest BCUT2D eigenvalue weighted by atomic mass is 9.96. The highest BCUT2D eigenvalue weighted by molar-refractivity contribution is 5.98. The van der Waals surface area contributed by atoms with E-state index in [0.717, 1.165) is 0 Å². The van der Waals surface area contributed by atoms with E-state index in [9.17, 15) is 30.0 Å². The smallest absolute Gasteiger partial charge is 0.342 e. The van der Waals surface area contributed by atoms with Crippen LogP contribution >= 0.6 is 0 Å². The summed E-state index contributed by atoms with van der Waals surface area (Å²) < 4.78 is 5.35. The Bertz CT molecular complexity index is 766. The van der Waals surface area contributed by atoms with E-state index in [-0.39, 0.29) is 36.3 Å². The van der Waals surface area contributed by atoms with Gasteiger partial charge in [-0.25, -0.2) is 4.79 Å². The van der Waals surface area contributed by atoms with Crippen molar-refractivity contribution in [3.05, 3.63) is 47.1 Å². The highest BCUT2D eigenvalue weighted by atomic mass is 16.5. The first-order chi connectivity index (χ1) is 12.7. The summed E-state index contributed by atoms with van der Waals surface area (Å²) in [5.74, 6) is -1.71. The van der Waals surface area contributed by atoms with Crippen molar-refractivity contribution in [2.45, 2.75) is 51.1 Å². The van der Waals surface area contributed by atoms with Gasteiger partial charge in [-0.15, -0.1) is 0 Å². The Hall–Kier alpha value is -2.48. The number of aliphatic hydroxyl groups is 3. The van der Waals surface area contributed by atoms with E-state index in [0.29, 0.717) is 17.5 Å². The zero-order valence-corrected chi connectivity index (χ0v) is 15.1. The Morgan fingerprint density at radius 3 is 2.63 bits per heavy atom. The molecular weight excluding hydrogens is 352 g/mol. The Morgan fingerprint density at radius 2 is 1.96 bits per heavy atom. The first kappa shape index (κ1) is 20.8. The number of carbonyl (C=O) groups is 2. The number of carbonyl (C=O) groups excluding carboxylic acids is 2. The van der Waals surface area contributed by atoms with Crippen molar-refractivity contribution in [1.82, 2.24) is 0 Å². The number of aromatic hydroxyl groups is 1. The predicted octanol–water partition coefficient (Wildman–Crippen LogP) is 1.47. The molecule has 0 radical (unpaired) electrons. The molecule has 0 aliphatic carbocycles. The first-order valence-electron chi connectivity index (χ1n) is 8.67. The van der Waals surface area contributed by atoms with E-state index in [2.05, 4.69) is 6.58 Å². The maximum atomic E-state index is 12.5. The number of ether oxygens (including phenoxy) is 1.